The highest BCUT2D eigenvalue weighted by Crippen LogP contribution is 2.48. The Hall–Kier alpha value is -3.40. The van der Waals surface area contributed by atoms with Gasteiger partial charge in [0.15, 0.2) is 0 Å². The van der Waals surface area contributed by atoms with Crippen molar-refractivity contribution in [3.63, 3.8) is 0 Å². The maximum Gasteiger partial charge on any atom is 0.240 e. The summed E-state index contributed by atoms with van der Waals surface area (Å²) in [5.74, 6) is 0.535. The van der Waals surface area contributed by atoms with Crippen molar-refractivity contribution in [1.82, 2.24) is 9.88 Å². The number of nitrogens with one attached hydrogen (secondary N) is 1. The molecule has 1 N–H and O–H groups in total. The monoisotopic (exact) mass is 375 g/mol. The molecule has 0 atom stereocenters. The van der Waals surface area contributed by atoms with E-state index >= 15 is 0 Å². The van der Waals surface area contributed by atoms with Gasteiger partial charge in [0.2, 0.25) is 11.8 Å². The standard InChI is InChI=1S/C21H21N5O2/c22-15-16-4-3-5-17(14-16)24-19(27)21(7-8-21)20(28)26-12-10-25(11-13-26)18-6-1-2-9-23-18/h1-6,9,14H,7-8,10-13H2,(H,24,27). The maximum atomic E-state index is 13.1. The zero-order valence-electron chi connectivity index (χ0n) is 15.5. The summed E-state index contributed by atoms with van der Waals surface area (Å²) in [5.41, 5.74) is 0.0539. The number of pyridine rings is 1. The third-order valence-corrected chi connectivity index (χ3v) is 5.38. The van der Waals surface area contributed by atoms with E-state index < -0.39 is 5.41 Å². The number of piperazine rings is 1. The molecule has 0 radical (unpaired) electrons. The van der Waals surface area contributed by atoms with Crippen molar-refractivity contribution in [2.24, 2.45) is 5.41 Å². The van der Waals surface area contributed by atoms with E-state index in [4.69, 9.17) is 5.26 Å². The van der Waals surface area contributed by atoms with Crippen LogP contribution in [0.3, 0.4) is 0 Å². The molecular weight excluding hydrogens is 354 g/mol. The van der Waals surface area contributed by atoms with Gasteiger partial charge in [0, 0.05) is 38.1 Å². The molecule has 7 heteroatoms. The zero-order valence-corrected chi connectivity index (χ0v) is 15.5. The van der Waals surface area contributed by atoms with Crippen molar-refractivity contribution >= 4 is 23.3 Å². The molecule has 1 saturated heterocycles. The van der Waals surface area contributed by atoms with E-state index in [2.05, 4.69) is 21.3 Å². The quantitative estimate of drug-likeness (QED) is 0.826. The summed E-state index contributed by atoms with van der Waals surface area (Å²) in [5, 5.41) is 11.8. The van der Waals surface area contributed by atoms with Gasteiger partial charge in [-0.15, -0.1) is 0 Å². The average molecular weight is 375 g/mol. The van der Waals surface area contributed by atoms with E-state index in [1.54, 1.807) is 35.4 Å². The van der Waals surface area contributed by atoms with Crippen LogP contribution in [0.15, 0.2) is 48.7 Å². The Labute approximate surface area is 163 Å². The third kappa shape index (κ3) is 3.41. The first-order chi connectivity index (χ1) is 13.6. The summed E-state index contributed by atoms with van der Waals surface area (Å²) in [6, 6.07) is 14.6. The lowest BCUT2D eigenvalue weighted by Crippen LogP contribution is -2.52. The van der Waals surface area contributed by atoms with Crippen molar-refractivity contribution in [3.05, 3.63) is 54.2 Å². The normalized spacial score (nSPS) is 17.5. The van der Waals surface area contributed by atoms with Crippen LogP contribution in [0.4, 0.5) is 11.5 Å². The number of carbonyl (C=O) groups is 2. The fourth-order valence-corrected chi connectivity index (χ4v) is 3.56. The number of benzene rings is 1. The predicted molar refractivity (Wildman–Crippen MR) is 104 cm³/mol. The number of nitrogens with zero attached hydrogens (tertiary/aromatic N) is 4. The molecule has 1 aliphatic heterocycles. The number of anilines is 2. The highest BCUT2D eigenvalue weighted by atomic mass is 16.2. The van der Waals surface area contributed by atoms with Crippen LogP contribution in [0.1, 0.15) is 18.4 Å². The molecule has 1 saturated carbocycles. The van der Waals surface area contributed by atoms with E-state index in [9.17, 15) is 9.59 Å². The summed E-state index contributed by atoms with van der Waals surface area (Å²) in [6.45, 7) is 2.55. The van der Waals surface area contributed by atoms with Crippen molar-refractivity contribution in [3.8, 4) is 6.07 Å². The van der Waals surface area contributed by atoms with Crippen LogP contribution < -0.4 is 10.2 Å². The second-order valence-corrected chi connectivity index (χ2v) is 7.20. The largest absolute Gasteiger partial charge is 0.353 e. The van der Waals surface area contributed by atoms with Crippen LogP contribution in [-0.2, 0) is 9.59 Å². The number of nitriles is 1. The van der Waals surface area contributed by atoms with Crippen molar-refractivity contribution in [2.45, 2.75) is 12.8 Å². The first-order valence-corrected chi connectivity index (χ1v) is 9.39. The molecule has 0 bridgehead atoms. The molecule has 2 heterocycles. The number of hydrogen-bond donors (Lipinski definition) is 1. The predicted octanol–water partition coefficient (Wildman–Crippen LogP) is 2.02. The number of rotatable bonds is 4. The van der Waals surface area contributed by atoms with E-state index in [0.717, 1.165) is 5.82 Å². The molecule has 2 amide bonds. The van der Waals surface area contributed by atoms with Gasteiger partial charge in [-0.05, 0) is 43.2 Å². The van der Waals surface area contributed by atoms with E-state index in [1.165, 1.54) is 0 Å². The summed E-state index contributed by atoms with van der Waals surface area (Å²) >= 11 is 0. The van der Waals surface area contributed by atoms with Gasteiger partial charge in [0.05, 0.1) is 11.6 Å². The summed E-state index contributed by atoms with van der Waals surface area (Å²) < 4.78 is 0. The van der Waals surface area contributed by atoms with Crippen LogP contribution in [0.5, 0.6) is 0 Å². The highest BCUT2D eigenvalue weighted by Gasteiger charge is 2.58. The van der Waals surface area contributed by atoms with E-state index in [-0.39, 0.29) is 11.8 Å². The molecule has 7 nitrogen and oxygen atoms in total. The Kier molecular flexibility index (Phi) is 4.70. The Bertz CT molecular complexity index is 925. The summed E-state index contributed by atoms with van der Waals surface area (Å²) in [6.07, 6.45) is 2.89. The van der Waals surface area contributed by atoms with Crippen molar-refractivity contribution in [1.29, 1.82) is 5.26 Å². The molecule has 2 aromatic rings. The maximum absolute atomic E-state index is 13.1. The SMILES string of the molecule is N#Cc1cccc(NC(=O)C2(C(=O)N3CCN(c4ccccn4)CC3)CC2)c1. The van der Waals surface area contributed by atoms with Crippen molar-refractivity contribution < 1.29 is 9.59 Å². The Morgan fingerprint density at radius 3 is 2.50 bits per heavy atom. The number of carbonyl (C=O) groups excluding carboxylic acids is 2. The van der Waals surface area contributed by atoms with Gasteiger partial charge in [0.1, 0.15) is 11.2 Å². The number of amides is 2. The summed E-state index contributed by atoms with van der Waals surface area (Å²) in [4.78, 5) is 34.2. The van der Waals surface area contributed by atoms with Crippen LogP contribution in [-0.4, -0.2) is 47.9 Å². The van der Waals surface area contributed by atoms with Gasteiger partial charge in [-0.3, -0.25) is 9.59 Å². The first kappa shape index (κ1) is 18.0. The van der Waals surface area contributed by atoms with Gasteiger partial charge in [-0.1, -0.05) is 12.1 Å². The zero-order chi connectivity index (χ0) is 19.6. The lowest BCUT2D eigenvalue weighted by Gasteiger charge is -2.36. The van der Waals surface area contributed by atoms with Crippen LogP contribution >= 0.6 is 0 Å². The molecule has 142 valence electrons. The topological polar surface area (TPSA) is 89.3 Å². The summed E-state index contributed by atoms with van der Waals surface area (Å²) in [7, 11) is 0. The fourth-order valence-electron chi connectivity index (χ4n) is 3.56. The average Bonchev–Trinajstić information content (AvgIpc) is 3.56. The third-order valence-electron chi connectivity index (χ3n) is 5.38. The van der Waals surface area contributed by atoms with Gasteiger partial charge in [-0.25, -0.2) is 4.98 Å². The molecule has 0 unspecified atom stereocenters. The molecule has 2 fully saturated rings. The molecular formula is C21H21N5O2. The van der Waals surface area contributed by atoms with E-state index in [1.807, 2.05) is 18.2 Å². The number of aromatic nitrogens is 1. The lowest BCUT2D eigenvalue weighted by atomic mass is 10.0. The molecule has 2 aliphatic rings. The molecule has 0 spiro atoms. The molecule has 1 aromatic heterocycles. The smallest absolute Gasteiger partial charge is 0.240 e. The van der Waals surface area contributed by atoms with Crippen molar-refractivity contribution in [2.75, 3.05) is 36.4 Å². The Morgan fingerprint density at radius 1 is 1.07 bits per heavy atom. The van der Waals surface area contributed by atoms with Crippen LogP contribution in [0.25, 0.3) is 0 Å². The van der Waals surface area contributed by atoms with Crippen LogP contribution in [0.2, 0.25) is 0 Å². The Morgan fingerprint density at radius 2 is 1.86 bits per heavy atom. The molecule has 28 heavy (non-hydrogen) atoms. The molecule has 1 aliphatic carbocycles. The minimum absolute atomic E-state index is 0.0953. The van der Waals surface area contributed by atoms with Gasteiger partial charge in [-0.2, -0.15) is 5.26 Å². The van der Waals surface area contributed by atoms with Gasteiger partial charge in [0.25, 0.3) is 0 Å². The van der Waals surface area contributed by atoms with Gasteiger partial charge < -0.3 is 15.1 Å². The highest BCUT2D eigenvalue weighted by molar-refractivity contribution is 6.13. The van der Waals surface area contributed by atoms with E-state index in [0.29, 0.717) is 50.3 Å². The lowest BCUT2D eigenvalue weighted by molar-refractivity contribution is -0.142. The molecule has 4 rings (SSSR count). The second-order valence-electron chi connectivity index (χ2n) is 7.20. The Balaban J connectivity index is 1.39. The minimum atomic E-state index is -0.962. The number of hydrogen-bond acceptors (Lipinski definition) is 5. The second kappa shape index (κ2) is 7.31. The fraction of sp³-hybridized carbons (Fsp3) is 0.333. The van der Waals surface area contributed by atoms with Crippen LogP contribution in [0, 0.1) is 16.7 Å². The molecule has 1 aromatic carbocycles. The van der Waals surface area contributed by atoms with Gasteiger partial charge >= 0.3 is 0 Å². The minimum Gasteiger partial charge on any atom is -0.353 e. The first-order valence-electron chi connectivity index (χ1n) is 9.39.